The van der Waals surface area contributed by atoms with Crippen molar-refractivity contribution >= 4 is 16.5 Å². The fourth-order valence-electron chi connectivity index (χ4n) is 5.34. The summed E-state index contributed by atoms with van der Waals surface area (Å²) in [7, 11) is 0. The molecule has 1 unspecified atom stereocenters. The molecule has 0 spiro atoms. The van der Waals surface area contributed by atoms with E-state index in [1.807, 2.05) is 0 Å². The molecule has 0 saturated carbocycles. The van der Waals surface area contributed by atoms with Crippen LogP contribution in [0.5, 0.6) is 0 Å². The van der Waals surface area contributed by atoms with Gasteiger partial charge in [-0.15, -0.1) is 0 Å². The Labute approximate surface area is 208 Å². The zero-order valence-electron chi connectivity index (χ0n) is 20.5. The van der Waals surface area contributed by atoms with Gasteiger partial charge in [0.05, 0.1) is 6.04 Å². The number of nitrogens with zero attached hydrogens (tertiary/aromatic N) is 2. The largest absolute Gasteiger partial charge is 0.342 e. The Bertz CT molecular complexity index is 1510. The van der Waals surface area contributed by atoms with Gasteiger partial charge in [0.2, 0.25) is 0 Å². The number of hydrogen-bond acceptors (Lipinski definition) is 1. The van der Waals surface area contributed by atoms with Gasteiger partial charge in [0, 0.05) is 5.69 Å². The van der Waals surface area contributed by atoms with E-state index in [0.29, 0.717) is 5.92 Å². The van der Waals surface area contributed by atoms with Crippen LogP contribution in [0.2, 0.25) is 0 Å². The molecule has 0 radical (unpaired) electrons. The van der Waals surface area contributed by atoms with Gasteiger partial charge in [0.15, 0.2) is 0 Å². The summed E-state index contributed by atoms with van der Waals surface area (Å²) in [5.41, 5.74) is 8.94. The number of pyridine rings is 1. The standard InChI is InChI=1S/C33H30N2/c1-23(2)25-18-20-27(21-19-25)34-22-35-31(30-15-8-12-26-11-5-7-14-29(26)30)16-9-17-32(35)33(34)28-13-6-4-10-24(28)3/h4-23,33H,1-3H3. The third-order valence-corrected chi connectivity index (χ3v) is 7.26. The lowest BCUT2D eigenvalue weighted by Gasteiger charge is -2.27. The summed E-state index contributed by atoms with van der Waals surface area (Å²) in [6, 6.07) is 39.9. The van der Waals surface area contributed by atoms with E-state index in [9.17, 15) is 0 Å². The van der Waals surface area contributed by atoms with Crippen molar-refractivity contribution < 1.29 is 4.57 Å². The van der Waals surface area contributed by atoms with Gasteiger partial charge in [-0.25, -0.2) is 0 Å². The summed E-state index contributed by atoms with van der Waals surface area (Å²) in [4.78, 5) is 2.43. The Morgan fingerprint density at radius 3 is 2.26 bits per heavy atom. The van der Waals surface area contributed by atoms with E-state index < -0.39 is 0 Å². The predicted octanol–water partition coefficient (Wildman–Crippen LogP) is 7.80. The molecule has 0 amide bonds. The summed E-state index contributed by atoms with van der Waals surface area (Å²) < 4.78 is 2.38. The first kappa shape index (κ1) is 21.5. The average molecular weight is 455 g/mol. The van der Waals surface area contributed by atoms with Gasteiger partial charge in [-0.05, 0) is 70.1 Å². The number of fused-ring (bicyclic) bond motifs is 2. The number of anilines is 1. The molecular weight excluding hydrogens is 424 g/mol. The molecule has 1 aromatic heterocycles. The van der Waals surface area contributed by atoms with Crippen LogP contribution >= 0.6 is 0 Å². The predicted molar refractivity (Wildman–Crippen MR) is 145 cm³/mol. The van der Waals surface area contributed by atoms with Crippen molar-refractivity contribution in [2.24, 2.45) is 0 Å². The van der Waals surface area contributed by atoms with Crippen LogP contribution in [-0.4, -0.2) is 0 Å². The molecule has 0 fully saturated rings. The van der Waals surface area contributed by atoms with E-state index in [0.717, 1.165) is 0 Å². The van der Waals surface area contributed by atoms with Gasteiger partial charge in [-0.1, -0.05) is 98.8 Å². The quantitative estimate of drug-likeness (QED) is 0.198. The van der Waals surface area contributed by atoms with E-state index in [1.54, 1.807) is 0 Å². The summed E-state index contributed by atoms with van der Waals surface area (Å²) in [5, 5.41) is 2.54. The highest BCUT2D eigenvalue weighted by atomic mass is 15.3. The molecule has 0 aliphatic carbocycles. The van der Waals surface area contributed by atoms with Crippen molar-refractivity contribution in [2.75, 3.05) is 4.90 Å². The summed E-state index contributed by atoms with van der Waals surface area (Å²) in [6.45, 7) is 8.99. The van der Waals surface area contributed by atoms with Crippen LogP contribution in [0.15, 0.2) is 109 Å². The maximum Gasteiger partial charge on any atom is 0.145 e. The van der Waals surface area contributed by atoms with Crippen LogP contribution in [0.4, 0.5) is 5.69 Å². The van der Waals surface area contributed by atoms with Crippen molar-refractivity contribution in [1.29, 1.82) is 0 Å². The minimum atomic E-state index is 0.107. The van der Waals surface area contributed by atoms with Crippen LogP contribution in [0, 0.1) is 13.6 Å². The molecule has 0 saturated heterocycles. The van der Waals surface area contributed by atoms with E-state index in [4.69, 9.17) is 0 Å². The SMILES string of the molecule is Cc1ccccc1C1c2cccc(-c3cccc4ccccc34)[n+]2[CH-]N1c1ccc(C(C)C)cc1. The Hall–Kier alpha value is -4.04. The molecule has 6 rings (SSSR count). The maximum absolute atomic E-state index is 2.43. The summed E-state index contributed by atoms with van der Waals surface area (Å²) >= 11 is 0. The molecule has 2 heterocycles. The Kier molecular flexibility index (Phi) is 5.30. The molecule has 0 N–H and O–H groups in total. The highest BCUT2D eigenvalue weighted by molar-refractivity contribution is 5.95. The third kappa shape index (κ3) is 3.66. The first-order valence-corrected chi connectivity index (χ1v) is 12.4. The van der Waals surface area contributed by atoms with Crippen LogP contribution in [0.3, 0.4) is 0 Å². The monoisotopic (exact) mass is 454 g/mol. The molecule has 35 heavy (non-hydrogen) atoms. The molecular formula is C33H30N2. The van der Waals surface area contributed by atoms with Gasteiger partial charge in [0.1, 0.15) is 18.1 Å². The van der Waals surface area contributed by atoms with Crippen molar-refractivity contribution in [3.63, 3.8) is 0 Å². The zero-order chi connectivity index (χ0) is 23.9. The summed E-state index contributed by atoms with van der Waals surface area (Å²) in [6.07, 6.45) is 0. The lowest BCUT2D eigenvalue weighted by atomic mass is 9.96. The zero-order valence-corrected chi connectivity index (χ0v) is 20.5. The highest BCUT2D eigenvalue weighted by Crippen LogP contribution is 2.39. The second-order valence-electron chi connectivity index (χ2n) is 9.76. The lowest BCUT2D eigenvalue weighted by Crippen LogP contribution is -2.36. The maximum atomic E-state index is 2.43. The first-order chi connectivity index (χ1) is 17.1. The minimum absolute atomic E-state index is 0.107. The van der Waals surface area contributed by atoms with Crippen molar-refractivity contribution in [3.8, 4) is 11.3 Å². The Morgan fingerprint density at radius 2 is 1.46 bits per heavy atom. The molecule has 172 valence electrons. The van der Waals surface area contributed by atoms with Crippen LogP contribution < -0.4 is 9.47 Å². The van der Waals surface area contributed by atoms with Crippen LogP contribution in [0.25, 0.3) is 22.0 Å². The van der Waals surface area contributed by atoms with Crippen molar-refractivity contribution in [2.45, 2.75) is 32.7 Å². The first-order valence-electron chi connectivity index (χ1n) is 12.4. The smallest absolute Gasteiger partial charge is 0.145 e. The second-order valence-corrected chi connectivity index (χ2v) is 9.76. The van der Waals surface area contributed by atoms with E-state index >= 15 is 0 Å². The van der Waals surface area contributed by atoms with Gasteiger partial charge in [-0.3, -0.25) is 0 Å². The van der Waals surface area contributed by atoms with Gasteiger partial charge in [-0.2, -0.15) is 0 Å². The van der Waals surface area contributed by atoms with Gasteiger partial charge in [0.25, 0.3) is 0 Å². The Morgan fingerprint density at radius 1 is 0.743 bits per heavy atom. The number of rotatable bonds is 4. The average Bonchev–Trinajstić information content (AvgIpc) is 3.28. The van der Waals surface area contributed by atoms with Gasteiger partial charge >= 0.3 is 0 Å². The van der Waals surface area contributed by atoms with Crippen molar-refractivity contribution in [1.82, 2.24) is 0 Å². The van der Waals surface area contributed by atoms with Crippen LogP contribution in [-0.2, 0) is 0 Å². The normalized spacial score (nSPS) is 14.9. The molecule has 1 aliphatic rings. The molecule has 2 nitrogen and oxygen atoms in total. The lowest BCUT2D eigenvalue weighted by molar-refractivity contribution is -0.619. The number of benzene rings is 4. The molecule has 1 aliphatic heterocycles. The Balaban J connectivity index is 1.54. The number of aryl methyl sites for hydroxylation is 1. The fraction of sp³-hybridized carbons (Fsp3) is 0.152. The topological polar surface area (TPSA) is 7.12 Å². The van der Waals surface area contributed by atoms with Crippen molar-refractivity contribution in [3.05, 3.63) is 138 Å². The molecule has 2 heteroatoms. The molecule has 4 aromatic carbocycles. The second kappa shape index (κ2) is 8.63. The number of aromatic nitrogens is 1. The number of hydrogen-bond donors (Lipinski definition) is 0. The molecule has 0 bridgehead atoms. The minimum Gasteiger partial charge on any atom is -0.342 e. The highest BCUT2D eigenvalue weighted by Gasteiger charge is 2.35. The van der Waals surface area contributed by atoms with E-state index in [1.165, 1.54) is 50.1 Å². The van der Waals surface area contributed by atoms with E-state index in [2.05, 4.69) is 146 Å². The fourth-order valence-corrected chi connectivity index (χ4v) is 5.34. The van der Waals surface area contributed by atoms with E-state index in [-0.39, 0.29) is 6.04 Å². The van der Waals surface area contributed by atoms with Gasteiger partial charge < -0.3 is 9.47 Å². The van der Waals surface area contributed by atoms with Crippen LogP contribution in [0.1, 0.15) is 48.2 Å². The summed E-state index contributed by atoms with van der Waals surface area (Å²) in [5.74, 6) is 0.517. The molecule has 1 atom stereocenters. The third-order valence-electron chi connectivity index (χ3n) is 7.26. The molecule has 5 aromatic rings.